The molecule has 3 heteroatoms. The second kappa shape index (κ2) is 5.28. The molecule has 82 valence electrons. The van der Waals surface area contributed by atoms with E-state index in [9.17, 15) is 0 Å². The van der Waals surface area contributed by atoms with Crippen LogP contribution in [0, 0.1) is 6.92 Å². The molecular formula is C12H16OS2. The first-order chi connectivity index (χ1) is 7.29. The Morgan fingerprint density at radius 2 is 2.07 bits per heavy atom. The van der Waals surface area contributed by atoms with Crippen LogP contribution in [-0.4, -0.2) is 22.7 Å². The maximum atomic E-state index is 8.90. The van der Waals surface area contributed by atoms with Crippen LogP contribution in [0.2, 0.25) is 0 Å². The molecule has 0 aliphatic carbocycles. The first kappa shape index (κ1) is 11.4. The fraction of sp³-hybridized carbons (Fsp3) is 0.500. The van der Waals surface area contributed by atoms with E-state index >= 15 is 0 Å². The van der Waals surface area contributed by atoms with Crippen molar-refractivity contribution in [1.82, 2.24) is 0 Å². The van der Waals surface area contributed by atoms with Crippen molar-refractivity contribution in [2.24, 2.45) is 0 Å². The summed E-state index contributed by atoms with van der Waals surface area (Å²) in [6.07, 6.45) is 0.931. The van der Waals surface area contributed by atoms with Crippen molar-refractivity contribution in [1.29, 1.82) is 0 Å². The van der Waals surface area contributed by atoms with Crippen LogP contribution in [0.4, 0.5) is 0 Å². The van der Waals surface area contributed by atoms with E-state index < -0.39 is 0 Å². The van der Waals surface area contributed by atoms with Crippen LogP contribution in [0.25, 0.3) is 0 Å². The van der Waals surface area contributed by atoms with Crippen LogP contribution in [0.5, 0.6) is 0 Å². The van der Waals surface area contributed by atoms with E-state index in [1.165, 1.54) is 16.9 Å². The van der Waals surface area contributed by atoms with Crippen LogP contribution in [0.15, 0.2) is 24.3 Å². The molecule has 1 saturated heterocycles. The highest BCUT2D eigenvalue weighted by Crippen LogP contribution is 2.50. The minimum absolute atomic E-state index is 0.318. The summed E-state index contributed by atoms with van der Waals surface area (Å²) in [7, 11) is 0. The van der Waals surface area contributed by atoms with Crippen molar-refractivity contribution in [3.8, 4) is 0 Å². The number of aliphatic hydroxyl groups excluding tert-OH is 1. The van der Waals surface area contributed by atoms with Crippen LogP contribution in [0.1, 0.15) is 22.1 Å². The van der Waals surface area contributed by atoms with E-state index in [2.05, 4.69) is 31.2 Å². The molecule has 0 bridgehead atoms. The lowest BCUT2D eigenvalue weighted by Crippen LogP contribution is -2.02. The van der Waals surface area contributed by atoms with E-state index in [4.69, 9.17) is 5.11 Å². The summed E-state index contributed by atoms with van der Waals surface area (Å²) in [6, 6.07) is 8.80. The lowest BCUT2D eigenvalue weighted by molar-refractivity contribution is 0.289. The van der Waals surface area contributed by atoms with Crippen molar-refractivity contribution in [3.63, 3.8) is 0 Å². The molecule has 1 aromatic rings. The lowest BCUT2D eigenvalue weighted by Gasteiger charge is -2.10. The summed E-state index contributed by atoms with van der Waals surface area (Å²) in [5.41, 5.74) is 2.73. The summed E-state index contributed by atoms with van der Waals surface area (Å²) < 4.78 is 0.571. The first-order valence-corrected chi connectivity index (χ1v) is 7.23. The molecule has 1 nitrogen and oxygen atoms in total. The SMILES string of the molecule is Cc1ccc(C2SCC(CCO)S2)cc1. The maximum Gasteiger partial charge on any atom is 0.0754 e. The van der Waals surface area contributed by atoms with Crippen LogP contribution in [-0.2, 0) is 0 Å². The molecule has 2 unspecified atom stereocenters. The zero-order chi connectivity index (χ0) is 10.7. The predicted molar refractivity (Wildman–Crippen MR) is 69.5 cm³/mol. The minimum atomic E-state index is 0.318. The van der Waals surface area contributed by atoms with E-state index in [1.54, 1.807) is 0 Å². The van der Waals surface area contributed by atoms with Crippen LogP contribution in [0.3, 0.4) is 0 Å². The zero-order valence-electron chi connectivity index (χ0n) is 8.85. The predicted octanol–water partition coefficient (Wildman–Crippen LogP) is 3.22. The number of hydrogen-bond acceptors (Lipinski definition) is 3. The molecule has 15 heavy (non-hydrogen) atoms. The van der Waals surface area contributed by atoms with Gasteiger partial charge in [-0.05, 0) is 18.9 Å². The average Bonchev–Trinajstić information content (AvgIpc) is 2.68. The highest BCUT2D eigenvalue weighted by Gasteiger charge is 2.26. The molecule has 1 aromatic carbocycles. The van der Waals surface area contributed by atoms with Crippen molar-refractivity contribution < 1.29 is 5.11 Å². The molecule has 0 amide bonds. The third-order valence-electron chi connectivity index (χ3n) is 2.55. The number of thioether (sulfide) groups is 2. The van der Waals surface area contributed by atoms with Gasteiger partial charge in [0.25, 0.3) is 0 Å². The average molecular weight is 240 g/mol. The van der Waals surface area contributed by atoms with Gasteiger partial charge in [-0.15, -0.1) is 23.5 Å². The Kier molecular flexibility index (Phi) is 4.00. The second-order valence-corrected chi connectivity index (χ2v) is 6.69. The number of benzene rings is 1. The molecule has 1 fully saturated rings. The number of hydrogen-bond donors (Lipinski definition) is 1. The Labute approximate surface area is 99.7 Å². The Morgan fingerprint density at radius 3 is 2.73 bits per heavy atom. The van der Waals surface area contributed by atoms with E-state index in [1.807, 2.05) is 23.5 Å². The molecule has 0 saturated carbocycles. The standard InChI is InChI=1S/C12H16OS2/c1-9-2-4-10(5-3-9)12-14-8-11(15-12)6-7-13/h2-5,11-13H,6-8H2,1H3. The van der Waals surface area contributed by atoms with Crippen molar-refractivity contribution in [2.75, 3.05) is 12.4 Å². The van der Waals surface area contributed by atoms with Gasteiger partial charge in [-0.3, -0.25) is 0 Å². The smallest absolute Gasteiger partial charge is 0.0754 e. The summed E-state index contributed by atoms with van der Waals surface area (Å²) in [6.45, 7) is 2.44. The fourth-order valence-electron chi connectivity index (χ4n) is 1.64. The molecule has 1 aliphatic heterocycles. The Morgan fingerprint density at radius 1 is 1.33 bits per heavy atom. The van der Waals surface area contributed by atoms with Gasteiger partial charge in [0.05, 0.1) is 4.58 Å². The molecule has 0 aromatic heterocycles. The van der Waals surface area contributed by atoms with Gasteiger partial charge in [0.15, 0.2) is 0 Å². The summed E-state index contributed by atoms with van der Waals surface area (Å²) in [5, 5.41) is 9.53. The molecule has 1 aliphatic rings. The van der Waals surface area contributed by atoms with Gasteiger partial charge in [-0.1, -0.05) is 29.8 Å². The summed E-state index contributed by atoms with van der Waals surface area (Å²) in [5.74, 6) is 1.17. The van der Waals surface area contributed by atoms with Crippen LogP contribution >= 0.6 is 23.5 Å². The fourth-order valence-corrected chi connectivity index (χ4v) is 5.02. The molecule has 2 atom stereocenters. The van der Waals surface area contributed by atoms with Crippen LogP contribution < -0.4 is 0 Å². The molecule has 0 radical (unpaired) electrons. The van der Waals surface area contributed by atoms with Crippen molar-refractivity contribution >= 4 is 23.5 Å². The Bertz CT molecular complexity index is 310. The number of aryl methyl sites for hydroxylation is 1. The third kappa shape index (κ3) is 2.92. The third-order valence-corrected chi connectivity index (χ3v) is 5.98. The molecule has 2 rings (SSSR count). The van der Waals surface area contributed by atoms with Gasteiger partial charge in [-0.25, -0.2) is 0 Å². The Balaban J connectivity index is 1.98. The van der Waals surface area contributed by atoms with Crippen molar-refractivity contribution in [2.45, 2.75) is 23.2 Å². The van der Waals surface area contributed by atoms with Crippen molar-refractivity contribution in [3.05, 3.63) is 35.4 Å². The van der Waals surface area contributed by atoms with Gasteiger partial charge in [0, 0.05) is 17.6 Å². The van der Waals surface area contributed by atoms with E-state index in [0.29, 0.717) is 16.4 Å². The summed E-state index contributed by atoms with van der Waals surface area (Å²) >= 11 is 4.00. The first-order valence-electron chi connectivity index (χ1n) is 5.24. The maximum absolute atomic E-state index is 8.90. The topological polar surface area (TPSA) is 20.2 Å². The summed E-state index contributed by atoms with van der Waals surface area (Å²) in [4.78, 5) is 0. The number of aliphatic hydroxyl groups is 1. The molecule has 1 N–H and O–H groups in total. The quantitative estimate of drug-likeness (QED) is 0.876. The largest absolute Gasteiger partial charge is 0.396 e. The molecular weight excluding hydrogens is 224 g/mol. The molecule has 0 spiro atoms. The second-order valence-electron chi connectivity index (χ2n) is 3.85. The number of rotatable bonds is 3. The van der Waals surface area contributed by atoms with Gasteiger partial charge in [0.2, 0.25) is 0 Å². The van der Waals surface area contributed by atoms with Gasteiger partial charge < -0.3 is 5.11 Å². The minimum Gasteiger partial charge on any atom is -0.396 e. The highest BCUT2D eigenvalue weighted by molar-refractivity contribution is 8.19. The lowest BCUT2D eigenvalue weighted by atomic mass is 10.2. The monoisotopic (exact) mass is 240 g/mol. The Hall–Kier alpha value is -0.120. The zero-order valence-corrected chi connectivity index (χ0v) is 10.5. The van der Waals surface area contributed by atoms with Gasteiger partial charge >= 0.3 is 0 Å². The highest BCUT2D eigenvalue weighted by atomic mass is 32.2. The van der Waals surface area contributed by atoms with Gasteiger partial charge in [-0.2, -0.15) is 0 Å². The van der Waals surface area contributed by atoms with E-state index in [-0.39, 0.29) is 0 Å². The molecule has 1 heterocycles. The van der Waals surface area contributed by atoms with Gasteiger partial charge in [0.1, 0.15) is 0 Å². The normalized spacial score (nSPS) is 25.7. The van der Waals surface area contributed by atoms with E-state index in [0.717, 1.165) is 6.42 Å².